The summed E-state index contributed by atoms with van der Waals surface area (Å²) in [6.07, 6.45) is 3.94. The van der Waals surface area contributed by atoms with Crippen LogP contribution in [0.4, 0.5) is 5.69 Å². The topological polar surface area (TPSA) is 55.4 Å². The van der Waals surface area contributed by atoms with Crippen molar-refractivity contribution >= 4 is 15.5 Å². The van der Waals surface area contributed by atoms with Gasteiger partial charge in [-0.25, -0.2) is 8.42 Å². The summed E-state index contributed by atoms with van der Waals surface area (Å²) in [6, 6.07) is 7.76. The predicted octanol–water partition coefficient (Wildman–Crippen LogP) is 3.10. The van der Waals surface area contributed by atoms with Gasteiger partial charge in [0.2, 0.25) is 0 Å². The molecule has 0 bridgehead atoms. The van der Waals surface area contributed by atoms with E-state index in [9.17, 15) is 8.42 Å². The first-order valence-electron chi connectivity index (χ1n) is 7.54. The number of anilines is 1. The van der Waals surface area contributed by atoms with Gasteiger partial charge in [0.15, 0.2) is 9.84 Å². The summed E-state index contributed by atoms with van der Waals surface area (Å²) in [5.41, 5.74) is 0.928. The van der Waals surface area contributed by atoms with E-state index in [1.165, 1.54) is 6.26 Å². The molecule has 0 aliphatic heterocycles. The van der Waals surface area contributed by atoms with E-state index in [2.05, 4.69) is 19.2 Å². The minimum Gasteiger partial charge on any atom is -0.493 e. The van der Waals surface area contributed by atoms with Gasteiger partial charge in [0, 0.05) is 24.1 Å². The van der Waals surface area contributed by atoms with Crippen molar-refractivity contribution in [3.8, 4) is 5.75 Å². The number of ether oxygens (including phenoxy) is 1. The van der Waals surface area contributed by atoms with Gasteiger partial charge in [0.25, 0.3) is 0 Å². The number of rotatable bonds is 6. The van der Waals surface area contributed by atoms with Crippen molar-refractivity contribution in [1.82, 2.24) is 0 Å². The zero-order valence-corrected chi connectivity index (χ0v) is 13.8. The van der Waals surface area contributed by atoms with Crippen LogP contribution in [0.3, 0.4) is 0 Å². The maximum Gasteiger partial charge on any atom is 0.152 e. The molecule has 1 aliphatic carbocycles. The summed E-state index contributed by atoms with van der Waals surface area (Å²) >= 11 is 0. The molecular weight excluding hydrogens is 286 g/mol. The number of hydrogen-bond acceptors (Lipinski definition) is 4. The number of sulfone groups is 1. The van der Waals surface area contributed by atoms with Crippen LogP contribution in [-0.4, -0.2) is 32.6 Å². The van der Waals surface area contributed by atoms with Crippen LogP contribution in [0.15, 0.2) is 24.3 Å². The van der Waals surface area contributed by atoms with Crippen molar-refractivity contribution in [3.63, 3.8) is 0 Å². The molecule has 118 valence electrons. The maximum atomic E-state index is 11.8. The Labute approximate surface area is 127 Å². The fourth-order valence-electron chi connectivity index (χ4n) is 2.76. The molecule has 1 aromatic rings. The van der Waals surface area contributed by atoms with Crippen molar-refractivity contribution in [3.05, 3.63) is 24.3 Å². The zero-order valence-electron chi connectivity index (χ0n) is 13.0. The van der Waals surface area contributed by atoms with Crippen LogP contribution < -0.4 is 10.1 Å². The van der Waals surface area contributed by atoms with Crippen LogP contribution in [0.25, 0.3) is 0 Å². The third-order valence-corrected chi connectivity index (χ3v) is 5.44. The summed E-state index contributed by atoms with van der Waals surface area (Å²) in [5, 5.41) is 3.09. The molecule has 2 rings (SSSR count). The fourth-order valence-corrected chi connectivity index (χ4v) is 4.15. The molecule has 1 N–H and O–H groups in total. The van der Waals surface area contributed by atoms with Crippen LogP contribution in [0.1, 0.15) is 33.1 Å². The van der Waals surface area contributed by atoms with Crippen LogP contribution >= 0.6 is 0 Å². The molecule has 0 aromatic heterocycles. The summed E-state index contributed by atoms with van der Waals surface area (Å²) in [7, 11) is -3.00. The van der Waals surface area contributed by atoms with Crippen molar-refractivity contribution in [2.24, 2.45) is 5.92 Å². The SMILES string of the molecule is CC(C)COc1cccc(NC2CCCC2S(C)(=O)=O)c1. The van der Waals surface area contributed by atoms with E-state index in [1.54, 1.807) is 0 Å². The number of benzene rings is 1. The second-order valence-electron chi connectivity index (χ2n) is 6.28. The van der Waals surface area contributed by atoms with Crippen LogP contribution in [-0.2, 0) is 9.84 Å². The third kappa shape index (κ3) is 4.63. The van der Waals surface area contributed by atoms with Gasteiger partial charge in [0.1, 0.15) is 5.75 Å². The second-order valence-corrected chi connectivity index (χ2v) is 8.55. The van der Waals surface area contributed by atoms with Gasteiger partial charge in [-0.2, -0.15) is 0 Å². The highest BCUT2D eigenvalue weighted by molar-refractivity contribution is 7.91. The monoisotopic (exact) mass is 311 g/mol. The summed E-state index contributed by atoms with van der Waals surface area (Å²) < 4.78 is 29.3. The van der Waals surface area contributed by atoms with E-state index < -0.39 is 9.84 Å². The molecule has 0 spiro atoms. The Kier molecular flexibility index (Phi) is 5.14. The number of hydrogen-bond donors (Lipinski definition) is 1. The zero-order chi connectivity index (χ0) is 15.5. The molecule has 1 saturated carbocycles. The van der Waals surface area contributed by atoms with Gasteiger partial charge in [-0.1, -0.05) is 19.9 Å². The molecule has 0 heterocycles. The summed E-state index contributed by atoms with van der Waals surface area (Å²) in [4.78, 5) is 0. The van der Waals surface area contributed by atoms with E-state index in [1.807, 2.05) is 24.3 Å². The minimum atomic E-state index is -3.00. The first kappa shape index (κ1) is 16.1. The standard InChI is InChI=1S/C16H25NO3S/c1-12(2)11-20-14-7-4-6-13(10-14)17-15-8-5-9-16(15)21(3,18)19/h4,6-7,10,12,15-17H,5,8-9,11H2,1-3H3. The largest absolute Gasteiger partial charge is 0.493 e. The van der Waals surface area contributed by atoms with Crippen molar-refractivity contribution < 1.29 is 13.2 Å². The maximum absolute atomic E-state index is 11.8. The Morgan fingerprint density at radius 2 is 2.10 bits per heavy atom. The van der Waals surface area contributed by atoms with E-state index in [-0.39, 0.29) is 11.3 Å². The highest BCUT2D eigenvalue weighted by atomic mass is 32.2. The van der Waals surface area contributed by atoms with Gasteiger partial charge >= 0.3 is 0 Å². The molecule has 2 atom stereocenters. The fraction of sp³-hybridized carbons (Fsp3) is 0.625. The lowest BCUT2D eigenvalue weighted by atomic mass is 10.2. The van der Waals surface area contributed by atoms with Gasteiger partial charge in [-0.15, -0.1) is 0 Å². The molecule has 1 aliphatic rings. The summed E-state index contributed by atoms with van der Waals surface area (Å²) in [5.74, 6) is 1.30. The molecule has 5 heteroatoms. The first-order valence-corrected chi connectivity index (χ1v) is 9.50. The normalized spacial score (nSPS) is 22.5. The molecule has 1 aromatic carbocycles. The van der Waals surface area contributed by atoms with Crippen molar-refractivity contribution in [1.29, 1.82) is 0 Å². The highest BCUT2D eigenvalue weighted by Gasteiger charge is 2.34. The first-order chi connectivity index (χ1) is 9.86. The van der Waals surface area contributed by atoms with E-state index in [0.717, 1.165) is 30.7 Å². The molecule has 1 fully saturated rings. The van der Waals surface area contributed by atoms with Gasteiger partial charge in [-0.05, 0) is 37.3 Å². The van der Waals surface area contributed by atoms with Crippen LogP contribution in [0, 0.1) is 5.92 Å². The quantitative estimate of drug-likeness (QED) is 0.877. The molecule has 2 unspecified atom stereocenters. The molecule has 21 heavy (non-hydrogen) atoms. The molecule has 0 saturated heterocycles. The Morgan fingerprint density at radius 1 is 1.33 bits per heavy atom. The highest BCUT2D eigenvalue weighted by Crippen LogP contribution is 2.29. The van der Waals surface area contributed by atoms with Gasteiger partial charge < -0.3 is 10.1 Å². The van der Waals surface area contributed by atoms with Crippen molar-refractivity contribution in [2.75, 3.05) is 18.2 Å². The van der Waals surface area contributed by atoms with Crippen LogP contribution in [0.5, 0.6) is 5.75 Å². The number of nitrogens with one attached hydrogen (secondary N) is 1. The van der Waals surface area contributed by atoms with Crippen molar-refractivity contribution in [2.45, 2.75) is 44.4 Å². The van der Waals surface area contributed by atoms with E-state index in [4.69, 9.17) is 4.74 Å². The minimum absolute atomic E-state index is 0.000323. The lowest BCUT2D eigenvalue weighted by Gasteiger charge is -2.21. The van der Waals surface area contributed by atoms with E-state index in [0.29, 0.717) is 12.5 Å². The average molecular weight is 311 g/mol. The summed E-state index contributed by atoms with van der Waals surface area (Å²) in [6.45, 7) is 4.90. The molecule has 0 radical (unpaired) electrons. The van der Waals surface area contributed by atoms with Gasteiger partial charge in [0.05, 0.1) is 11.9 Å². The van der Waals surface area contributed by atoms with E-state index >= 15 is 0 Å². The molecule has 0 amide bonds. The Hall–Kier alpha value is -1.23. The Bertz CT molecular complexity index is 569. The lowest BCUT2D eigenvalue weighted by Crippen LogP contribution is -2.34. The second kappa shape index (κ2) is 6.69. The van der Waals surface area contributed by atoms with Crippen LogP contribution in [0.2, 0.25) is 0 Å². The molecular formula is C16H25NO3S. The molecule has 4 nitrogen and oxygen atoms in total. The Balaban J connectivity index is 2.04. The lowest BCUT2D eigenvalue weighted by molar-refractivity contribution is 0.271. The smallest absolute Gasteiger partial charge is 0.152 e. The van der Waals surface area contributed by atoms with Gasteiger partial charge in [-0.3, -0.25) is 0 Å². The average Bonchev–Trinajstić information content (AvgIpc) is 2.85. The Morgan fingerprint density at radius 3 is 2.76 bits per heavy atom. The predicted molar refractivity (Wildman–Crippen MR) is 86.7 cm³/mol. The third-order valence-electron chi connectivity index (χ3n) is 3.77.